The molecule has 7 nitrogen and oxygen atoms in total. The highest BCUT2D eigenvalue weighted by Crippen LogP contribution is 2.29. The molecule has 0 aromatic heterocycles. The van der Waals surface area contributed by atoms with Gasteiger partial charge in [0.25, 0.3) is 5.91 Å². The van der Waals surface area contributed by atoms with Gasteiger partial charge < -0.3 is 10.1 Å². The van der Waals surface area contributed by atoms with Crippen LogP contribution in [0, 0.1) is 11.3 Å². The first-order valence-electron chi connectivity index (χ1n) is 8.80. The van der Waals surface area contributed by atoms with Crippen molar-refractivity contribution >= 4 is 17.7 Å². The van der Waals surface area contributed by atoms with Crippen LogP contribution in [0.3, 0.4) is 0 Å². The molecule has 1 unspecified atom stereocenters. The van der Waals surface area contributed by atoms with Crippen molar-refractivity contribution in [3.63, 3.8) is 0 Å². The fraction of sp³-hybridized carbons (Fsp3) is 0.238. The molecule has 1 heterocycles. The molecule has 1 fully saturated rings. The van der Waals surface area contributed by atoms with Crippen molar-refractivity contribution in [3.8, 4) is 11.8 Å². The lowest BCUT2D eigenvalue weighted by Crippen LogP contribution is -2.41. The summed E-state index contributed by atoms with van der Waals surface area (Å²) in [4.78, 5) is 38.7. The van der Waals surface area contributed by atoms with Gasteiger partial charge in [-0.15, -0.1) is 0 Å². The predicted octanol–water partition coefficient (Wildman–Crippen LogP) is 2.61. The first-order valence-corrected chi connectivity index (χ1v) is 8.80. The number of hydrogen-bond donors (Lipinski definition) is 1. The summed E-state index contributed by atoms with van der Waals surface area (Å²) >= 11 is 0. The maximum Gasteiger partial charge on any atom is 0.325 e. The molecule has 0 bridgehead atoms. The lowest BCUT2D eigenvalue weighted by Gasteiger charge is -2.22. The number of urea groups is 1. The van der Waals surface area contributed by atoms with Gasteiger partial charge in [-0.1, -0.05) is 12.1 Å². The van der Waals surface area contributed by atoms with E-state index >= 15 is 0 Å². The zero-order valence-corrected chi connectivity index (χ0v) is 15.6. The molecule has 1 aliphatic rings. The summed E-state index contributed by atoms with van der Waals surface area (Å²) in [5.74, 6) is -0.223. The largest absolute Gasteiger partial charge is 0.494 e. The van der Waals surface area contributed by atoms with Gasteiger partial charge in [0.2, 0.25) is 0 Å². The van der Waals surface area contributed by atoms with Crippen LogP contribution in [0.5, 0.6) is 5.75 Å². The van der Waals surface area contributed by atoms with Crippen molar-refractivity contribution in [3.05, 3.63) is 65.2 Å². The molecule has 1 atom stereocenters. The van der Waals surface area contributed by atoms with Crippen molar-refractivity contribution in [1.29, 1.82) is 5.26 Å². The number of ether oxygens (including phenoxy) is 1. The number of nitriles is 1. The molecular formula is C21H19N3O4. The molecular weight excluding hydrogens is 358 g/mol. The number of carbonyl (C=O) groups is 3. The molecule has 0 spiro atoms. The summed E-state index contributed by atoms with van der Waals surface area (Å²) in [7, 11) is 0. The molecule has 3 amide bonds. The van der Waals surface area contributed by atoms with E-state index in [2.05, 4.69) is 5.32 Å². The molecule has 1 aliphatic heterocycles. The Labute approximate surface area is 162 Å². The highest BCUT2D eigenvalue weighted by atomic mass is 16.5. The maximum absolute atomic E-state index is 12.9. The quantitative estimate of drug-likeness (QED) is 0.616. The minimum atomic E-state index is -1.29. The standard InChI is InChI=1S/C21H19N3O4/c1-3-28-17-10-6-15(7-11-17)18(25)13-24-19(26)21(2,23-20(24)27)16-8-4-14(12-22)5-9-16/h4-11H,3,13H2,1-2H3,(H,23,27). The number of rotatable bonds is 6. The Morgan fingerprint density at radius 2 is 1.79 bits per heavy atom. The summed E-state index contributed by atoms with van der Waals surface area (Å²) in [6.45, 7) is 3.60. The molecule has 1 N–H and O–H groups in total. The maximum atomic E-state index is 12.9. The molecule has 0 saturated carbocycles. The topological polar surface area (TPSA) is 99.5 Å². The van der Waals surface area contributed by atoms with E-state index in [0.717, 1.165) is 4.90 Å². The van der Waals surface area contributed by atoms with E-state index < -0.39 is 17.5 Å². The average Bonchev–Trinajstić information content (AvgIpc) is 2.93. The van der Waals surface area contributed by atoms with Crippen LogP contribution in [0.15, 0.2) is 48.5 Å². The van der Waals surface area contributed by atoms with E-state index in [1.54, 1.807) is 55.5 Å². The minimum Gasteiger partial charge on any atom is -0.494 e. The van der Waals surface area contributed by atoms with E-state index in [1.807, 2.05) is 13.0 Å². The Morgan fingerprint density at radius 1 is 1.14 bits per heavy atom. The number of carbonyl (C=O) groups excluding carboxylic acids is 3. The number of imide groups is 1. The summed E-state index contributed by atoms with van der Waals surface area (Å²) in [6, 6.07) is 14.3. The van der Waals surface area contributed by atoms with Crippen molar-refractivity contribution in [1.82, 2.24) is 10.2 Å². The number of nitrogens with one attached hydrogen (secondary N) is 1. The number of ketones is 1. The van der Waals surface area contributed by atoms with Crippen molar-refractivity contribution in [2.75, 3.05) is 13.2 Å². The molecule has 0 radical (unpaired) electrons. The van der Waals surface area contributed by atoms with E-state index in [9.17, 15) is 14.4 Å². The Bertz CT molecular complexity index is 961. The molecule has 7 heteroatoms. The highest BCUT2D eigenvalue weighted by Gasteiger charge is 2.49. The van der Waals surface area contributed by atoms with E-state index in [0.29, 0.717) is 29.0 Å². The van der Waals surface area contributed by atoms with Gasteiger partial charge in [-0.2, -0.15) is 5.26 Å². The van der Waals surface area contributed by atoms with Crippen molar-refractivity contribution in [2.45, 2.75) is 19.4 Å². The highest BCUT2D eigenvalue weighted by molar-refractivity contribution is 6.11. The Hall–Kier alpha value is -3.66. The number of hydrogen-bond acceptors (Lipinski definition) is 5. The zero-order valence-electron chi connectivity index (χ0n) is 15.6. The Balaban J connectivity index is 1.77. The van der Waals surface area contributed by atoms with Gasteiger partial charge in [-0.3, -0.25) is 14.5 Å². The van der Waals surface area contributed by atoms with Crippen LogP contribution in [0.2, 0.25) is 0 Å². The lowest BCUT2D eigenvalue weighted by molar-refractivity contribution is -0.130. The molecule has 2 aromatic rings. The normalized spacial score (nSPS) is 18.5. The van der Waals surface area contributed by atoms with Gasteiger partial charge in [0.05, 0.1) is 24.8 Å². The van der Waals surface area contributed by atoms with Crippen molar-refractivity contribution < 1.29 is 19.1 Å². The van der Waals surface area contributed by atoms with Crippen LogP contribution in [-0.4, -0.2) is 35.8 Å². The van der Waals surface area contributed by atoms with Crippen LogP contribution < -0.4 is 10.1 Å². The minimum absolute atomic E-state index is 0.351. The number of amides is 3. The SMILES string of the molecule is CCOc1ccc(C(=O)CN2C(=O)NC(C)(c3ccc(C#N)cc3)C2=O)cc1. The monoisotopic (exact) mass is 377 g/mol. The third kappa shape index (κ3) is 3.45. The Kier molecular flexibility index (Phi) is 5.14. The van der Waals surface area contributed by atoms with E-state index in [1.165, 1.54) is 0 Å². The van der Waals surface area contributed by atoms with Gasteiger partial charge >= 0.3 is 6.03 Å². The van der Waals surface area contributed by atoms with Gasteiger partial charge in [-0.25, -0.2) is 4.79 Å². The van der Waals surface area contributed by atoms with Gasteiger partial charge in [0.1, 0.15) is 11.3 Å². The van der Waals surface area contributed by atoms with Crippen LogP contribution in [0.1, 0.15) is 35.3 Å². The van der Waals surface area contributed by atoms with Crippen LogP contribution >= 0.6 is 0 Å². The molecule has 28 heavy (non-hydrogen) atoms. The fourth-order valence-corrected chi connectivity index (χ4v) is 3.05. The van der Waals surface area contributed by atoms with Gasteiger partial charge in [-0.05, 0) is 55.8 Å². The zero-order chi connectivity index (χ0) is 20.3. The van der Waals surface area contributed by atoms with Crippen LogP contribution in [0.25, 0.3) is 0 Å². The fourth-order valence-electron chi connectivity index (χ4n) is 3.05. The van der Waals surface area contributed by atoms with Crippen molar-refractivity contribution in [2.24, 2.45) is 0 Å². The first kappa shape index (κ1) is 19.1. The number of benzene rings is 2. The Morgan fingerprint density at radius 3 is 2.36 bits per heavy atom. The van der Waals surface area contributed by atoms with Crippen LogP contribution in [0.4, 0.5) is 4.79 Å². The predicted molar refractivity (Wildman–Crippen MR) is 101 cm³/mol. The molecule has 0 aliphatic carbocycles. The van der Waals surface area contributed by atoms with Crippen LogP contribution in [-0.2, 0) is 10.3 Å². The molecule has 2 aromatic carbocycles. The summed E-state index contributed by atoms with van der Waals surface area (Å²) < 4.78 is 5.34. The third-order valence-electron chi connectivity index (χ3n) is 4.66. The lowest BCUT2D eigenvalue weighted by atomic mass is 9.91. The van der Waals surface area contributed by atoms with Gasteiger partial charge in [0.15, 0.2) is 5.78 Å². The number of Topliss-reactive ketones (excluding diaryl/α,β-unsaturated/α-hetero) is 1. The van der Waals surface area contributed by atoms with E-state index in [-0.39, 0.29) is 12.3 Å². The second-order valence-electron chi connectivity index (χ2n) is 6.52. The average molecular weight is 377 g/mol. The summed E-state index contributed by atoms with van der Waals surface area (Å²) in [6.07, 6.45) is 0. The summed E-state index contributed by atoms with van der Waals surface area (Å²) in [5.41, 5.74) is 0.0908. The smallest absolute Gasteiger partial charge is 0.325 e. The second kappa shape index (κ2) is 7.53. The summed E-state index contributed by atoms with van der Waals surface area (Å²) in [5, 5.41) is 11.6. The first-order chi connectivity index (χ1) is 13.4. The number of nitrogens with zero attached hydrogens (tertiary/aromatic N) is 2. The second-order valence-corrected chi connectivity index (χ2v) is 6.52. The molecule has 3 rings (SSSR count). The van der Waals surface area contributed by atoms with E-state index in [4.69, 9.17) is 10.00 Å². The molecule has 142 valence electrons. The third-order valence-corrected chi connectivity index (χ3v) is 4.66. The van der Waals surface area contributed by atoms with Gasteiger partial charge in [0, 0.05) is 5.56 Å². The molecule has 1 saturated heterocycles.